The summed E-state index contributed by atoms with van der Waals surface area (Å²) in [6.07, 6.45) is -4.65. The molecule has 0 N–H and O–H groups in total. The summed E-state index contributed by atoms with van der Waals surface area (Å²) in [6, 6.07) is 5.66. The van der Waals surface area contributed by atoms with Crippen LogP contribution in [0.1, 0.15) is 5.69 Å². The van der Waals surface area contributed by atoms with Gasteiger partial charge in [-0.15, -0.1) is 24.5 Å². The smallest absolute Gasteiger partial charge is 0.406 e. The van der Waals surface area contributed by atoms with Crippen LogP contribution in [-0.4, -0.2) is 11.3 Å². The summed E-state index contributed by atoms with van der Waals surface area (Å²) in [5.41, 5.74) is 1.67. The minimum absolute atomic E-state index is 0.227. The Balaban J connectivity index is 2.19. The lowest BCUT2D eigenvalue weighted by Crippen LogP contribution is -2.16. The van der Waals surface area contributed by atoms with Gasteiger partial charge in [0.25, 0.3) is 0 Å². The predicted molar refractivity (Wildman–Crippen MR) is 59.0 cm³/mol. The quantitative estimate of drug-likeness (QED) is 0.812. The average molecular weight is 259 g/mol. The van der Waals surface area contributed by atoms with Crippen molar-refractivity contribution >= 4 is 11.3 Å². The van der Waals surface area contributed by atoms with Gasteiger partial charge in [-0.3, -0.25) is 0 Å². The predicted octanol–water partition coefficient (Wildman–Crippen LogP) is 4.02. The molecule has 1 aromatic heterocycles. The van der Waals surface area contributed by atoms with Crippen LogP contribution in [0.5, 0.6) is 5.75 Å². The van der Waals surface area contributed by atoms with Crippen LogP contribution >= 0.6 is 11.3 Å². The van der Waals surface area contributed by atoms with Crippen molar-refractivity contribution in [1.82, 2.24) is 4.98 Å². The van der Waals surface area contributed by atoms with E-state index in [1.54, 1.807) is 12.1 Å². The van der Waals surface area contributed by atoms with Gasteiger partial charge in [-0.05, 0) is 31.2 Å². The van der Waals surface area contributed by atoms with Gasteiger partial charge in [0.15, 0.2) is 0 Å². The number of aromatic nitrogens is 1. The second-order valence-electron chi connectivity index (χ2n) is 3.37. The summed E-state index contributed by atoms with van der Waals surface area (Å²) < 4.78 is 39.6. The van der Waals surface area contributed by atoms with E-state index in [4.69, 9.17) is 0 Å². The second kappa shape index (κ2) is 4.37. The highest BCUT2D eigenvalue weighted by atomic mass is 32.1. The Kier molecular flexibility index (Phi) is 3.06. The Hall–Kier alpha value is -1.56. The number of alkyl halides is 3. The van der Waals surface area contributed by atoms with Gasteiger partial charge in [-0.2, -0.15) is 0 Å². The van der Waals surface area contributed by atoms with Gasteiger partial charge in [0, 0.05) is 16.6 Å². The van der Waals surface area contributed by atoms with Crippen LogP contribution in [0.25, 0.3) is 10.6 Å². The molecule has 0 aliphatic heterocycles. The molecule has 1 heterocycles. The number of benzene rings is 1. The first-order valence-electron chi connectivity index (χ1n) is 4.72. The number of hydrogen-bond donors (Lipinski definition) is 0. The Morgan fingerprint density at radius 2 is 1.82 bits per heavy atom. The molecule has 6 heteroatoms. The van der Waals surface area contributed by atoms with Gasteiger partial charge >= 0.3 is 6.36 Å². The van der Waals surface area contributed by atoms with Crippen LogP contribution in [0, 0.1) is 6.92 Å². The van der Waals surface area contributed by atoms with Gasteiger partial charge in [0.1, 0.15) is 10.8 Å². The first-order valence-corrected chi connectivity index (χ1v) is 5.60. The average Bonchev–Trinajstić information content (AvgIpc) is 2.63. The standard InChI is InChI=1S/C11H8F3NOS/c1-7-6-17-10(15-7)8-2-4-9(5-3-8)16-11(12,13)14/h2-6H,1H3. The van der Waals surface area contributed by atoms with Gasteiger partial charge in [-0.1, -0.05) is 0 Å². The Bertz CT molecular complexity index is 504. The highest BCUT2D eigenvalue weighted by Gasteiger charge is 2.30. The fraction of sp³-hybridized carbons (Fsp3) is 0.182. The normalized spacial score (nSPS) is 11.5. The molecule has 0 bridgehead atoms. The fourth-order valence-electron chi connectivity index (χ4n) is 1.29. The van der Waals surface area contributed by atoms with E-state index in [1.165, 1.54) is 23.5 Å². The second-order valence-corrected chi connectivity index (χ2v) is 4.22. The summed E-state index contributed by atoms with van der Waals surface area (Å²) >= 11 is 1.45. The molecule has 0 amide bonds. The molecule has 0 saturated heterocycles. The maximum Gasteiger partial charge on any atom is 0.573 e. The molecule has 90 valence electrons. The Morgan fingerprint density at radius 1 is 1.18 bits per heavy atom. The van der Waals surface area contributed by atoms with Crippen LogP contribution < -0.4 is 4.74 Å². The van der Waals surface area contributed by atoms with E-state index in [0.29, 0.717) is 0 Å². The molecule has 1 aromatic carbocycles. The molecule has 2 rings (SSSR count). The van der Waals surface area contributed by atoms with Crippen molar-refractivity contribution in [2.24, 2.45) is 0 Å². The van der Waals surface area contributed by atoms with Crippen LogP contribution in [0.15, 0.2) is 29.6 Å². The van der Waals surface area contributed by atoms with Crippen LogP contribution in [0.2, 0.25) is 0 Å². The molecule has 17 heavy (non-hydrogen) atoms. The Labute approximate surface area is 99.7 Å². The number of halogens is 3. The minimum Gasteiger partial charge on any atom is -0.406 e. The van der Waals surface area contributed by atoms with Gasteiger partial charge in [0.05, 0.1) is 0 Å². The van der Waals surface area contributed by atoms with Crippen molar-refractivity contribution in [3.8, 4) is 16.3 Å². The van der Waals surface area contributed by atoms with E-state index in [-0.39, 0.29) is 5.75 Å². The number of hydrogen-bond acceptors (Lipinski definition) is 3. The lowest BCUT2D eigenvalue weighted by molar-refractivity contribution is -0.274. The zero-order chi connectivity index (χ0) is 12.5. The van der Waals surface area contributed by atoms with Crippen molar-refractivity contribution in [3.63, 3.8) is 0 Å². The molecule has 2 nitrogen and oxygen atoms in total. The summed E-state index contributed by atoms with van der Waals surface area (Å²) in [4.78, 5) is 4.24. The molecule has 0 spiro atoms. The molecule has 0 aliphatic rings. The highest BCUT2D eigenvalue weighted by Crippen LogP contribution is 2.28. The van der Waals surface area contributed by atoms with Crippen LogP contribution in [0.4, 0.5) is 13.2 Å². The van der Waals surface area contributed by atoms with Gasteiger partial charge in [-0.25, -0.2) is 4.98 Å². The molecule has 0 atom stereocenters. The van der Waals surface area contributed by atoms with E-state index < -0.39 is 6.36 Å². The van der Waals surface area contributed by atoms with Crippen molar-refractivity contribution in [3.05, 3.63) is 35.3 Å². The van der Waals surface area contributed by atoms with Crippen LogP contribution in [0.3, 0.4) is 0 Å². The topological polar surface area (TPSA) is 22.1 Å². The third kappa shape index (κ3) is 3.20. The monoisotopic (exact) mass is 259 g/mol. The fourth-order valence-corrected chi connectivity index (χ4v) is 2.09. The first kappa shape index (κ1) is 11.9. The van der Waals surface area contributed by atoms with Crippen molar-refractivity contribution < 1.29 is 17.9 Å². The van der Waals surface area contributed by atoms with Crippen LogP contribution in [-0.2, 0) is 0 Å². The lowest BCUT2D eigenvalue weighted by atomic mass is 10.2. The zero-order valence-corrected chi connectivity index (χ0v) is 9.60. The molecule has 0 aliphatic carbocycles. The number of rotatable bonds is 2. The van der Waals surface area contributed by atoms with E-state index in [9.17, 15) is 13.2 Å². The number of aryl methyl sites for hydroxylation is 1. The zero-order valence-electron chi connectivity index (χ0n) is 8.78. The number of ether oxygens (including phenoxy) is 1. The molecule has 0 radical (unpaired) electrons. The molecular formula is C11H8F3NOS. The molecule has 0 fully saturated rings. The number of thiazole rings is 1. The molecule has 0 saturated carbocycles. The van der Waals surface area contributed by atoms with Crippen molar-refractivity contribution in [2.45, 2.75) is 13.3 Å². The molecular weight excluding hydrogens is 251 g/mol. The van der Waals surface area contributed by atoms with Gasteiger partial charge in [0.2, 0.25) is 0 Å². The van der Waals surface area contributed by atoms with Crippen molar-refractivity contribution in [1.29, 1.82) is 0 Å². The van der Waals surface area contributed by atoms with E-state index in [2.05, 4.69) is 9.72 Å². The summed E-state index contributed by atoms with van der Waals surface area (Å²) in [7, 11) is 0. The summed E-state index contributed by atoms with van der Waals surface area (Å²) in [5.74, 6) is -0.227. The third-order valence-electron chi connectivity index (χ3n) is 1.95. The van der Waals surface area contributed by atoms with E-state index >= 15 is 0 Å². The largest absolute Gasteiger partial charge is 0.573 e. The number of nitrogens with zero attached hydrogens (tertiary/aromatic N) is 1. The SMILES string of the molecule is Cc1csc(-c2ccc(OC(F)(F)F)cc2)n1. The molecule has 2 aromatic rings. The summed E-state index contributed by atoms with van der Waals surface area (Å²) in [5, 5.41) is 2.66. The minimum atomic E-state index is -4.65. The molecule has 0 unspecified atom stereocenters. The van der Waals surface area contributed by atoms with E-state index in [0.717, 1.165) is 16.3 Å². The lowest BCUT2D eigenvalue weighted by Gasteiger charge is -2.08. The van der Waals surface area contributed by atoms with E-state index in [1.807, 2.05) is 12.3 Å². The van der Waals surface area contributed by atoms with Gasteiger partial charge < -0.3 is 4.74 Å². The summed E-state index contributed by atoms with van der Waals surface area (Å²) in [6.45, 7) is 1.86. The maximum absolute atomic E-state index is 11.9. The van der Waals surface area contributed by atoms with Crippen molar-refractivity contribution in [2.75, 3.05) is 0 Å². The maximum atomic E-state index is 11.9. The third-order valence-corrected chi connectivity index (χ3v) is 2.96. The Morgan fingerprint density at radius 3 is 2.29 bits per heavy atom. The highest BCUT2D eigenvalue weighted by molar-refractivity contribution is 7.13. The first-order chi connectivity index (χ1) is 7.94.